The van der Waals surface area contributed by atoms with Gasteiger partial charge in [0.25, 0.3) is 0 Å². The van der Waals surface area contributed by atoms with Crippen molar-refractivity contribution >= 4 is 11.0 Å². The largest absolute Gasteiger partial charge is 0.332 e. The van der Waals surface area contributed by atoms with Gasteiger partial charge in [-0.3, -0.25) is 0 Å². The minimum Gasteiger partial charge on any atom is -0.332 e. The van der Waals surface area contributed by atoms with E-state index in [1.165, 1.54) is 11.6 Å². The van der Waals surface area contributed by atoms with Crippen LogP contribution in [-0.2, 0) is 6.54 Å². The van der Waals surface area contributed by atoms with Crippen LogP contribution >= 0.6 is 0 Å². The van der Waals surface area contributed by atoms with Gasteiger partial charge >= 0.3 is 0 Å². The van der Waals surface area contributed by atoms with Gasteiger partial charge in [0.2, 0.25) is 5.95 Å². The van der Waals surface area contributed by atoms with E-state index in [1.807, 2.05) is 45.3 Å². The molecule has 23 heavy (non-hydrogen) atoms. The second-order valence-corrected chi connectivity index (χ2v) is 5.86. The van der Waals surface area contributed by atoms with E-state index >= 15 is 0 Å². The van der Waals surface area contributed by atoms with Crippen LogP contribution in [-0.4, -0.2) is 29.0 Å². The van der Waals surface area contributed by atoms with Gasteiger partial charge in [0, 0.05) is 23.1 Å². The molecule has 0 atom stereocenters. The van der Waals surface area contributed by atoms with Crippen molar-refractivity contribution in [3.05, 3.63) is 64.7 Å². The lowest BCUT2D eigenvalue weighted by Gasteiger charge is -2.08. The molecule has 0 spiro atoms. The van der Waals surface area contributed by atoms with Crippen LogP contribution in [0.15, 0.2) is 36.4 Å². The number of nitrogens with zero attached hydrogens (tertiary/aromatic N) is 2. The third kappa shape index (κ3) is 3.41. The summed E-state index contributed by atoms with van der Waals surface area (Å²) in [5.74, 6) is 5.83. The predicted octanol–water partition coefficient (Wildman–Crippen LogP) is 3.47. The van der Waals surface area contributed by atoms with Crippen LogP contribution in [0.5, 0.6) is 0 Å². The summed E-state index contributed by atoms with van der Waals surface area (Å²) in [4.78, 5) is 9.12. The molecule has 2 aromatic heterocycles. The topological polar surface area (TPSA) is 31.9 Å². The summed E-state index contributed by atoms with van der Waals surface area (Å²) in [6, 6.07) is 11.2. The fourth-order valence-electron chi connectivity index (χ4n) is 2.46. The quantitative estimate of drug-likeness (QED) is 0.581. The molecule has 0 unspecified atom stereocenters. The van der Waals surface area contributed by atoms with Gasteiger partial charge in [-0.1, -0.05) is 23.6 Å². The van der Waals surface area contributed by atoms with Crippen LogP contribution in [0.25, 0.3) is 11.0 Å². The van der Waals surface area contributed by atoms with E-state index in [2.05, 4.69) is 26.7 Å². The minimum atomic E-state index is -0.492. The molecule has 4 heteroatoms. The van der Waals surface area contributed by atoms with Crippen molar-refractivity contribution in [3.8, 4) is 11.8 Å². The number of aryl methyl sites for hydroxylation is 1. The highest BCUT2D eigenvalue weighted by Gasteiger charge is 2.12. The Balaban J connectivity index is 2.07. The van der Waals surface area contributed by atoms with Gasteiger partial charge in [-0.05, 0) is 51.2 Å². The van der Waals surface area contributed by atoms with Gasteiger partial charge in [0.05, 0.1) is 5.69 Å². The Hall–Kier alpha value is -2.64. The molecule has 1 aromatic carbocycles. The number of nitrogens with one attached hydrogen (secondary N) is 1. The number of halogens is 1. The average Bonchev–Trinajstić information content (AvgIpc) is 2.83. The summed E-state index contributed by atoms with van der Waals surface area (Å²) in [5.41, 5.74) is 4.51. The fourth-order valence-corrected chi connectivity index (χ4v) is 2.46. The van der Waals surface area contributed by atoms with Crippen molar-refractivity contribution in [1.29, 1.82) is 0 Å². The van der Waals surface area contributed by atoms with Gasteiger partial charge in [-0.25, -0.2) is 4.98 Å². The number of aromatic nitrogens is 2. The van der Waals surface area contributed by atoms with Crippen molar-refractivity contribution < 1.29 is 4.39 Å². The molecule has 0 saturated carbocycles. The Morgan fingerprint density at radius 3 is 2.52 bits per heavy atom. The molecule has 3 aromatic rings. The average molecular weight is 307 g/mol. The molecule has 0 saturated heterocycles. The first-order chi connectivity index (χ1) is 11.0. The first-order valence-electron chi connectivity index (χ1n) is 7.43. The van der Waals surface area contributed by atoms with Gasteiger partial charge < -0.3 is 9.88 Å². The summed E-state index contributed by atoms with van der Waals surface area (Å²) in [6.45, 7) is 2.76. The molecule has 0 fully saturated rings. The number of benzene rings is 1. The van der Waals surface area contributed by atoms with Crippen molar-refractivity contribution in [2.75, 3.05) is 14.1 Å². The standard InChI is InChI=1S/C19H18FN3/c1-13-4-6-14(7-5-13)8-10-17-16(12-23(2)3)15-9-11-18(20)22-19(15)21-17/h4-7,9,11H,12H2,1-3H3,(H,21,22). The molecule has 1 N–H and O–H groups in total. The number of H-pyrrole nitrogens is 1. The first kappa shape index (κ1) is 15.3. The second-order valence-electron chi connectivity index (χ2n) is 5.86. The number of hydrogen-bond donors (Lipinski definition) is 1. The Bertz CT molecular complexity index is 896. The lowest BCUT2D eigenvalue weighted by molar-refractivity contribution is 0.403. The maximum Gasteiger partial charge on any atom is 0.214 e. The summed E-state index contributed by atoms with van der Waals surface area (Å²) in [7, 11) is 3.99. The van der Waals surface area contributed by atoms with E-state index in [4.69, 9.17) is 0 Å². The summed E-state index contributed by atoms with van der Waals surface area (Å²) >= 11 is 0. The number of hydrogen-bond acceptors (Lipinski definition) is 2. The SMILES string of the molecule is Cc1ccc(C#Cc2[nH]c3nc(F)ccc3c2CN(C)C)cc1. The third-order valence-electron chi connectivity index (χ3n) is 3.59. The van der Waals surface area contributed by atoms with Crippen molar-refractivity contribution in [2.45, 2.75) is 13.5 Å². The van der Waals surface area contributed by atoms with E-state index in [-0.39, 0.29) is 0 Å². The highest BCUT2D eigenvalue weighted by molar-refractivity contribution is 5.82. The van der Waals surface area contributed by atoms with E-state index in [1.54, 1.807) is 6.07 Å². The molecule has 3 rings (SSSR count). The van der Waals surface area contributed by atoms with E-state index in [0.29, 0.717) is 12.2 Å². The van der Waals surface area contributed by atoms with Crippen LogP contribution in [0.1, 0.15) is 22.4 Å². The molecular formula is C19H18FN3. The third-order valence-corrected chi connectivity index (χ3v) is 3.59. The van der Waals surface area contributed by atoms with Crippen LogP contribution in [0.4, 0.5) is 4.39 Å². The zero-order valence-corrected chi connectivity index (χ0v) is 13.4. The summed E-state index contributed by atoms with van der Waals surface area (Å²) < 4.78 is 13.4. The number of fused-ring (bicyclic) bond motifs is 1. The Labute approximate surface area is 135 Å². The summed E-state index contributed by atoms with van der Waals surface area (Å²) in [6.07, 6.45) is 0. The van der Waals surface area contributed by atoms with Gasteiger partial charge in [0.1, 0.15) is 5.65 Å². The Kier molecular flexibility index (Phi) is 4.14. The molecule has 0 aliphatic rings. The molecule has 3 nitrogen and oxygen atoms in total. The van der Waals surface area contributed by atoms with Crippen LogP contribution < -0.4 is 0 Å². The van der Waals surface area contributed by atoms with Gasteiger partial charge in [-0.15, -0.1) is 0 Å². The number of aromatic amines is 1. The molecule has 0 amide bonds. The van der Waals surface area contributed by atoms with Gasteiger partial charge in [0.15, 0.2) is 0 Å². The molecule has 0 aliphatic heterocycles. The minimum absolute atomic E-state index is 0.492. The van der Waals surface area contributed by atoms with Crippen LogP contribution in [0, 0.1) is 24.7 Å². The maximum atomic E-state index is 13.4. The van der Waals surface area contributed by atoms with E-state index < -0.39 is 5.95 Å². The Morgan fingerprint density at radius 1 is 1.09 bits per heavy atom. The molecular weight excluding hydrogens is 289 g/mol. The van der Waals surface area contributed by atoms with E-state index in [9.17, 15) is 4.39 Å². The molecule has 116 valence electrons. The molecule has 0 radical (unpaired) electrons. The molecule has 0 aliphatic carbocycles. The second kappa shape index (κ2) is 6.23. The number of rotatable bonds is 2. The normalized spacial score (nSPS) is 10.8. The summed E-state index contributed by atoms with van der Waals surface area (Å²) in [5, 5.41) is 0.910. The van der Waals surface area contributed by atoms with Crippen molar-refractivity contribution in [3.63, 3.8) is 0 Å². The first-order valence-corrected chi connectivity index (χ1v) is 7.43. The van der Waals surface area contributed by atoms with E-state index in [0.717, 1.165) is 22.2 Å². The monoisotopic (exact) mass is 307 g/mol. The highest BCUT2D eigenvalue weighted by Crippen LogP contribution is 2.22. The van der Waals surface area contributed by atoms with Crippen LogP contribution in [0.3, 0.4) is 0 Å². The molecule has 2 heterocycles. The lowest BCUT2D eigenvalue weighted by atomic mass is 10.1. The van der Waals surface area contributed by atoms with Crippen molar-refractivity contribution in [2.24, 2.45) is 0 Å². The maximum absolute atomic E-state index is 13.4. The smallest absolute Gasteiger partial charge is 0.214 e. The lowest BCUT2D eigenvalue weighted by Crippen LogP contribution is -2.11. The van der Waals surface area contributed by atoms with Gasteiger partial charge in [-0.2, -0.15) is 4.39 Å². The van der Waals surface area contributed by atoms with Crippen LogP contribution in [0.2, 0.25) is 0 Å². The van der Waals surface area contributed by atoms with Crippen molar-refractivity contribution in [1.82, 2.24) is 14.9 Å². The Morgan fingerprint density at radius 2 is 1.83 bits per heavy atom. The fraction of sp³-hybridized carbons (Fsp3) is 0.211. The molecule has 0 bridgehead atoms. The zero-order valence-electron chi connectivity index (χ0n) is 13.4. The number of pyridine rings is 1. The highest BCUT2D eigenvalue weighted by atomic mass is 19.1. The predicted molar refractivity (Wildman–Crippen MR) is 90.6 cm³/mol. The zero-order chi connectivity index (χ0) is 16.4.